The molecule has 1 aliphatic heterocycles. The van der Waals surface area contributed by atoms with Crippen LogP contribution in [0.3, 0.4) is 0 Å². The van der Waals surface area contributed by atoms with Crippen LogP contribution in [0, 0.1) is 0 Å². The first kappa shape index (κ1) is 20.0. The first-order chi connectivity index (χ1) is 12.9. The number of alkyl halides is 3. The molecule has 2 aromatic rings. The maximum atomic E-state index is 13.2. The molecule has 0 atom stereocenters. The molecule has 0 saturated heterocycles. The highest BCUT2D eigenvalue weighted by molar-refractivity contribution is 7.99. The molecule has 0 aliphatic carbocycles. The van der Waals surface area contributed by atoms with Gasteiger partial charge in [-0.05, 0) is 50.8 Å². The Morgan fingerprint density at radius 1 is 1.00 bits per heavy atom. The molecule has 0 spiro atoms. The van der Waals surface area contributed by atoms with Crippen LogP contribution in [-0.2, 0) is 10.9 Å². The van der Waals surface area contributed by atoms with Gasteiger partial charge in [0.05, 0.1) is 23.5 Å². The zero-order chi connectivity index (χ0) is 19.4. The van der Waals surface area contributed by atoms with E-state index in [1.54, 1.807) is 6.07 Å². The smallest absolute Gasteiger partial charge is 0.380 e. The Labute approximate surface area is 162 Å². The predicted molar refractivity (Wildman–Crippen MR) is 103 cm³/mol. The van der Waals surface area contributed by atoms with Gasteiger partial charge in [-0.2, -0.15) is 13.2 Å². The monoisotopic (exact) mass is 396 g/mol. The van der Waals surface area contributed by atoms with Gasteiger partial charge in [0.15, 0.2) is 0 Å². The fourth-order valence-corrected chi connectivity index (χ4v) is 4.00. The second-order valence-electron chi connectivity index (χ2n) is 6.67. The van der Waals surface area contributed by atoms with Gasteiger partial charge in [0, 0.05) is 29.5 Å². The van der Waals surface area contributed by atoms with Gasteiger partial charge in [0.2, 0.25) is 0 Å². The Hall–Kier alpha value is -1.70. The summed E-state index contributed by atoms with van der Waals surface area (Å²) in [5.74, 6) is 0. The Morgan fingerprint density at radius 2 is 1.74 bits per heavy atom. The number of para-hydroxylation sites is 1. The molecule has 0 unspecified atom stereocenters. The number of fused-ring (bicyclic) bond motifs is 2. The van der Waals surface area contributed by atoms with Crippen molar-refractivity contribution in [2.45, 2.75) is 22.4 Å². The van der Waals surface area contributed by atoms with E-state index in [9.17, 15) is 13.2 Å². The van der Waals surface area contributed by atoms with Crippen molar-refractivity contribution in [2.75, 3.05) is 45.3 Å². The molecular formula is C20H23F3N2OS. The van der Waals surface area contributed by atoms with Crippen molar-refractivity contribution in [1.82, 2.24) is 4.90 Å². The molecule has 0 bridgehead atoms. The van der Waals surface area contributed by atoms with Gasteiger partial charge in [-0.15, -0.1) is 0 Å². The van der Waals surface area contributed by atoms with E-state index in [1.807, 2.05) is 48.2 Å². The first-order valence-electron chi connectivity index (χ1n) is 8.84. The summed E-state index contributed by atoms with van der Waals surface area (Å²) in [4.78, 5) is 5.92. The second-order valence-corrected chi connectivity index (χ2v) is 7.75. The van der Waals surface area contributed by atoms with Crippen LogP contribution < -0.4 is 4.90 Å². The molecule has 27 heavy (non-hydrogen) atoms. The highest BCUT2D eigenvalue weighted by atomic mass is 32.2. The molecule has 1 aliphatic rings. The van der Waals surface area contributed by atoms with E-state index in [1.165, 1.54) is 17.8 Å². The van der Waals surface area contributed by atoms with Crippen molar-refractivity contribution in [1.29, 1.82) is 0 Å². The minimum Gasteiger partial charge on any atom is -0.380 e. The van der Waals surface area contributed by atoms with Crippen molar-refractivity contribution in [3.05, 3.63) is 48.0 Å². The van der Waals surface area contributed by atoms with E-state index in [-0.39, 0.29) is 0 Å². The second kappa shape index (κ2) is 8.54. The van der Waals surface area contributed by atoms with Crippen molar-refractivity contribution in [2.24, 2.45) is 0 Å². The summed E-state index contributed by atoms with van der Waals surface area (Å²) in [6.45, 7) is 2.68. The number of hydrogen-bond donors (Lipinski definition) is 0. The lowest BCUT2D eigenvalue weighted by Gasteiger charge is -2.33. The molecular weight excluding hydrogens is 373 g/mol. The molecule has 0 fully saturated rings. The summed E-state index contributed by atoms with van der Waals surface area (Å²) in [6.07, 6.45) is -3.61. The lowest BCUT2D eigenvalue weighted by Crippen LogP contribution is -2.24. The normalized spacial score (nSPS) is 13.6. The summed E-state index contributed by atoms with van der Waals surface area (Å²) < 4.78 is 45.2. The summed E-state index contributed by atoms with van der Waals surface area (Å²) >= 11 is 1.51. The van der Waals surface area contributed by atoms with Crippen LogP contribution in [0.5, 0.6) is 0 Å². The van der Waals surface area contributed by atoms with Crippen molar-refractivity contribution in [3.63, 3.8) is 0 Å². The quantitative estimate of drug-likeness (QED) is 0.592. The fraction of sp³-hybridized carbons (Fsp3) is 0.400. The molecule has 3 nitrogen and oxygen atoms in total. The third kappa shape index (κ3) is 4.97. The van der Waals surface area contributed by atoms with Crippen LogP contribution in [0.2, 0.25) is 0 Å². The zero-order valence-electron chi connectivity index (χ0n) is 15.4. The number of rotatable bonds is 7. The largest absolute Gasteiger partial charge is 0.416 e. The Morgan fingerprint density at radius 3 is 2.48 bits per heavy atom. The lowest BCUT2D eigenvalue weighted by molar-refractivity contribution is -0.137. The SMILES string of the molecule is CN(C)CCOCCCN1c2ccccc2Sc2ccc(C(F)(F)F)cc21. The maximum absolute atomic E-state index is 13.2. The zero-order valence-corrected chi connectivity index (χ0v) is 16.2. The number of halogens is 3. The Balaban J connectivity index is 1.77. The third-order valence-electron chi connectivity index (χ3n) is 4.31. The minimum atomic E-state index is -4.35. The van der Waals surface area contributed by atoms with Crippen LogP contribution >= 0.6 is 11.8 Å². The van der Waals surface area contributed by atoms with Crippen LogP contribution in [0.15, 0.2) is 52.3 Å². The number of ether oxygens (including phenoxy) is 1. The first-order valence-corrected chi connectivity index (χ1v) is 9.66. The molecule has 0 saturated carbocycles. The van der Waals surface area contributed by atoms with Crippen molar-refractivity contribution in [3.8, 4) is 0 Å². The summed E-state index contributed by atoms with van der Waals surface area (Å²) in [5.41, 5.74) is 0.942. The van der Waals surface area contributed by atoms with Gasteiger partial charge in [0.1, 0.15) is 0 Å². The Kier molecular flexibility index (Phi) is 6.34. The van der Waals surface area contributed by atoms with Crippen molar-refractivity contribution >= 4 is 23.1 Å². The Bertz CT molecular complexity index is 780. The van der Waals surface area contributed by atoms with Gasteiger partial charge in [-0.1, -0.05) is 23.9 Å². The van der Waals surface area contributed by atoms with Crippen LogP contribution in [0.4, 0.5) is 24.5 Å². The molecule has 2 aromatic carbocycles. The van der Waals surface area contributed by atoms with E-state index in [0.717, 1.165) is 34.5 Å². The predicted octanol–water partition coefficient (Wildman–Crippen LogP) is 5.28. The summed E-state index contributed by atoms with van der Waals surface area (Å²) in [7, 11) is 3.97. The van der Waals surface area contributed by atoms with E-state index >= 15 is 0 Å². The molecule has 1 heterocycles. The maximum Gasteiger partial charge on any atom is 0.416 e. The number of hydrogen-bond acceptors (Lipinski definition) is 4. The fourth-order valence-electron chi connectivity index (χ4n) is 2.92. The average molecular weight is 396 g/mol. The molecule has 3 rings (SSSR count). The van der Waals surface area contributed by atoms with Gasteiger partial charge in [-0.3, -0.25) is 0 Å². The minimum absolute atomic E-state index is 0.577. The van der Waals surface area contributed by atoms with E-state index in [2.05, 4.69) is 0 Å². The van der Waals surface area contributed by atoms with Gasteiger partial charge in [0.25, 0.3) is 0 Å². The average Bonchev–Trinajstić information content (AvgIpc) is 2.62. The highest BCUT2D eigenvalue weighted by Gasteiger charge is 2.33. The van der Waals surface area contributed by atoms with Crippen LogP contribution in [0.1, 0.15) is 12.0 Å². The van der Waals surface area contributed by atoms with Crippen molar-refractivity contribution < 1.29 is 17.9 Å². The molecule has 0 aromatic heterocycles. The summed E-state index contributed by atoms with van der Waals surface area (Å²) in [6, 6.07) is 11.8. The van der Waals surface area contributed by atoms with Gasteiger partial charge < -0.3 is 14.5 Å². The van der Waals surface area contributed by atoms with E-state index in [4.69, 9.17) is 4.74 Å². The lowest BCUT2D eigenvalue weighted by atomic mass is 10.1. The molecule has 146 valence electrons. The topological polar surface area (TPSA) is 15.7 Å². The van der Waals surface area contributed by atoms with Gasteiger partial charge >= 0.3 is 6.18 Å². The van der Waals surface area contributed by atoms with E-state index in [0.29, 0.717) is 25.4 Å². The van der Waals surface area contributed by atoms with Crippen LogP contribution in [0.25, 0.3) is 0 Å². The number of likely N-dealkylation sites (N-methyl/N-ethyl adjacent to an activating group) is 1. The molecule has 0 N–H and O–H groups in total. The number of nitrogens with zero attached hydrogens (tertiary/aromatic N) is 2. The molecule has 0 radical (unpaired) electrons. The molecule has 7 heteroatoms. The van der Waals surface area contributed by atoms with Gasteiger partial charge in [-0.25, -0.2) is 0 Å². The summed E-state index contributed by atoms with van der Waals surface area (Å²) in [5, 5.41) is 0. The third-order valence-corrected chi connectivity index (χ3v) is 5.44. The standard InChI is InChI=1S/C20H23F3N2OS/c1-24(2)11-13-26-12-5-10-25-16-6-3-4-7-18(16)27-19-9-8-15(14-17(19)25)20(21,22)23/h3-4,6-9,14H,5,10-13H2,1-2H3. The van der Waals surface area contributed by atoms with E-state index < -0.39 is 11.7 Å². The molecule has 0 amide bonds. The highest BCUT2D eigenvalue weighted by Crippen LogP contribution is 2.49. The number of benzene rings is 2. The van der Waals surface area contributed by atoms with Crippen LogP contribution in [-0.4, -0.2) is 45.3 Å². The number of anilines is 2.